The maximum absolute atomic E-state index is 12.5. The SMILES string of the molecule is COC(c1ccc(C(=N)N)cc1)C(N)CF. The van der Waals surface area contributed by atoms with Crippen LogP contribution >= 0.6 is 0 Å². The number of nitrogens with two attached hydrogens (primary N) is 2. The fourth-order valence-electron chi connectivity index (χ4n) is 1.49. The maximum Gasteiger partial charge on any atom is 0.122 e. The first-order chi connectivity index (χ1) is 7.60. The first-order valence-electron chi connectivity index (χ1n) is 4.88. The third kappa shape index (κ3) is 2.77. The van der Waals surface area contributed by atoms with Crippen LogP contribution < -0.4 is 11.5 Å². The van der Waals surface area contributed by atoms with Crippen molar-refractivity contribution in [1.29, 1.82) is 5.41 Å². The van der Waals surface area contributed by atoms with Crippen molar-refractivity contribution in [2.45, 2.75) is 12.1 Å². The van der Waals surface area contributed by atoms with Crippen LogP contribution in [0.2, 0.25) is 0 Å². The minimum atomic E-state index is -0.687. The maximum atomic E-state index is 12.5. The first kappa shape index (κ1) is 12.6. The van der Waals surface area contributed by atoms with E-state index < -0.39 is 18.8 Å². The quantitative estimate of drug-likeness (QED) is 0.515. The third-order valence-corrected chi connectivity index (χ3v) is 2.37. The van der Waals surface area contributed by atoms with Gasteiger partial charge in [-0.1, -0.05) is 24.3 Å². The second-order valence-electron chi connectivity index (χ2n) is 3.51. The molecule has 0 fully saturated rings. The van der Waals surface area contributed by atoms with Crippen molar-refractivity contribution in [1.82, 2.24) is 0 Å². The number of ether oxygens (including phenoxy) is 1. The highest BCUT2D eigenvalue weighted by Gasteiger charge is 2.19. The molecule has 0 aromatic heterocycles. The number of amidine groups is 1. The molecule has 2 atom stereocenters. The molecular weight excluding hydrogens is 209 g/mol. The molecule has 0 saturated carbocycles. The van der Waals surface area contributed by atoms with Crippen LogP contribution in [0.5, 0.6) is 0 Å². The summed E-state index contributed by atoms with van der Waals surface area (Å²) < 4.78 is 17.6. The van der Waals surface area contributed by atoms with Gasteiger partial charge in [-0.15, -0.1) is 0 Å². The molecule has 0 saturated heterocycles. The van der Waals surface area contributed by atoms with E-state index in [1.807, 2.05) is 0 Å². The Labute approximate surface area is 93.9 Å². The summed E-state index contributed by atoms with van der Waals surface area (Å²) in [6.07, 6.45) is -0.481. The predicted octanol–water partition coefficient (Wildman–Crippen LogP) is 0.955. The lowest BCUT2D eigenvalue weighted by molar-refractivity contribution is 0.0721. The van der Waals surface area contributed by atoms with E-state index in [0.717, 1.165) is 5.56 Å². The summed E-state index contributed by atoms with van der Waals surface area (Å²) in [4.78, 5) is 0. The molecule has 5 heteroatoms. The van der Waals surface area contributed by atoms with E-state index in [1.54, 1.807) is 24.3 Å². The van der Waals surface area contributed by atoms with E-state index in [1.165, 1.54) is 7.11 Å². The van der Waals surface area contributed by atoms with Gasteiger partial charge in [0.1, 0.15) is 12.5 Å². The average molecular weight is 225 g/mol. The van der Waals surface area contributed by atoms with Crippen LogP contribution in [0, 0.1) is 5.41 Å². The zero-order valence-corrected chi connectivity index (χ0v) is 9.11. The van der Waals surface area contributed by atoms with Gasteiger partial charge < -0.3 is 16.2 Å². The Balaban J connectivity index is 2.90. The van der Waals surface area contributed by atoms with E-state index >= 15 is 0 Å². The second-order valence-corrected chi connectivity index (χ2v) is 3.51. The summed E-state index contributed by atoms with van der Waals surface area (Å²) >= 11 is 0. The van der Waals surface area contributed by atoms with Gasteiger partial charge in [-0.3, -0.25) is 5.41 Å². The van der Waals surface area contributed by atoms with Crippen LogP contribution in [0.15, 0.2) is 24.3 Å². The number of nitrogens with one attached hydrogen (secondary N) is 1. The van der Waals surface area contributed by atoms with Crippen molar-refractivity contribution in [2.24, 2.45) is 11.5 Å². The van der Waals surface area contributed by atoms with Crippen molar-refractivity contribution in [2.75, 3.05) is 13.8 Å². The Morgan fingerprint density at radius 1 is 1.44 bits per heavy atom. The summed E-state index contributed by atoms with van der Waals surface area (Å²) in [7, 11) is 1.49. The summed E-state index contributed by atoms with van der Waals surface area (Å²) in [6.45, 7) is -0.646. The smallest absolute Gasteiger partial charge is 0.122 e. The van der Waals surface area contributed by atoms with Crippen molar-refractivity contribution < 1.29 is 9.13 Å². The second kappa shape index (κ2) is 5.58. The van der Waals surface area contributed by atoms with Gasteiger partial charge in [-0.25, -0.2) is 4.39 Å². The van der Waals surface area contributed by atoms with Crippen molar-refractivity contribution in [3.05, 3.63) is 35.4 Å². The fourth-order valence-corrected chi connectivity index (χ4v) is 1.49. The minimum absolute atomic E-state index is 0.00435. The van der Waals surface area contributed by atoms with E-state index in [-0.39, 0.29) is 5.84 Å². The molecule has 0 spiro atoms. The Kier molecular flexibility index (Phi) is 4.39. The predicted molar refractivity (Wildman–Crippen MR) is 61.2 cm³/mol. The van der Waals surface area contributed by atoms with Gasteiger partial charge in [0.2, 0.25) is 0 Å². The zero-order valence-electron chi connectivity index (χ0n) is 9.11. The van der Waals surface area contributed by atoms with Crippen LogP contribution in [0.25, 0.3) is 0 Å². The van der Waals surface area contributed by atoms with Crippen molar-refractivity contribution in [3.63, 3.8) is 0 Å². The Bertz CT molecular complexity index is 353. The fraction of sp³-hybridized carbons (Fsp3) is 0.364. The number of hydrogen-bond donors (Lipinski definition) is 3. The monoisotopic (exact) mass is 225 g/mol. The van der Waals surface area contributed by atoms with Gasteiger partial charge >= 0.3 is 0 Å². The average Bonchev–Trinajstić information content (AvgIpc) is 2.30. The Hall–Kier alpha value is -1.46. The number of methoxy groups -OCH3 is 1. The number of benzene rings is 1. The molecule has 0 aliphatic heterocycles. The molecule has 5 N–H and O–H groups in total. The number of halogens is 1. The van der Waals surface area contributed by atoms with Gasteiger partial charge in [-0.05, 0) is 5.56 Å². The highest BCUT2D eigenvalue weighted by Crippen LogP contribution is 2.20. The molecule has 1 rings (SSSR count). The standard InChI is InChI=1S/C11H16FN3O/c1-16-10(9(13)6-12)7-2-4-8(5-3-7)11(14)15/h2-5,9-10H,6,13H2,1H3,(H3,14,15). The number of hydrogen-bond acceptors (Lipinski definition) is 3. The van der Waals surface area contributed by atoms with Gasteiger partial charge in [0.25, 0.3) is 0 Å². The number of rotatable bonds is 5. The lowest BCUT2D eigenvalue weighted by Gasteiger charge is -2.20. The van der Waals surface area contributed by atoms with Crippen LogP contribution in [0.4, 0.5) is 4.39 Å². The molecule has 0 aliphatic rings. The van der Waals surface area contributed by atoms with Gasteiger partial charge in [0.15, 0.2) is 0 Å². The number of alkyl halides is 1. The van der Waals surface area contributed by atoms with Crippen LogP contribution in [0.3, 0.4) is 0 Å². The highest BCUT2D eigenvalue weighted by molar-refractivity contribution is 5.94. The van der Waals surface area contributed by atoms with Gasteiger partial charge in [0, 0.05) is 12.7 Å². The van der Waals surface area contributed by atoms with Gasteiger partial charge in [0.05, 0.1) is 12.1 Å². The van der Waals surface area contributed by atoms with E-state index in [9.17, 15) is 4.39 Å². The molecule has 1 aromatic rings. The zero-order chi connectivity index (χ0) is 12.1. The van der Waals surface area contributed by atoms with E-state index in [4.69, 9.17) is 21.6 Å². The van der Waals surface area contributed by atoms with E-state index in [2.05, 4.69) is 0 Å². The topological polar surface area (TPSA) is 85.1 Å². The summed E-state index contributed by atoms with van der Waals surface area (Å²) in [5.74, 6) is -0.00435. The molecular formula is C11H16FN3O. The lowest BCUT2D eigenvalue weighted by atomic mass is 10.0. The van der Waals surface area contributed by atoms with Crippen molar-refractivity contribution >= 4 is 5.84 Å². The van der Waals surface area contributed by atoms with Crippen LogP contribution in [0.1, 0.15) is 17.2 Å². The normalized spacial score (nSPS) is 14.4. The minimum Gasteiger partial charge on any atom is -0.384 e. The molecule has 0 aliphatic carbocycles. The molecule has 0 bridgehead atoms. The first-order valence-corrected chi connectivity index (χ1v) is 4.88. The summed E-state index contributed by atoms with van der Waals surface area (Å²) in [6, 6.07) is 6.16. The third-order valence-electron chi connectivity index (χ3n) is 2.37. The van der Waals surface area contributed by atoms with Crippen molar-refractivity contribution in [3.8, 4) is 0 Å². The molecule has 0 heterocycles. The molecule has 2 unspecified atom stereocenters. The van der Waals surface area contributed by atoms with Crippen LogP contribution in [-0.2, 0) is 4.74 Å². The number of nitrogen functional groups attached to an aromatic ring is 1. The Morgan fingerprint density at radius 3 is 2.38 bits per heavy atom. The molecule has 0 amide bonds. The van der Waals surface area contributed by atoms with Crippen LogP contribution in [-0.4, -0.2) is 25.7 Å². The molecule has 0 radical (unpaired) electrons. The molecule has 88 valence electrons. The van der Waals surface area contributed by atoms with Gasteiger partial charge in [-0.2, -0.15) is 0 Å². The largest absolute Gasteiger partial charge is 0.384 e. The lowest BCUT2D eigenvalue weighted by Crippen LogP contribution is -2.31. The molecule has 1 aromatic carbocycles. The van der Waals surface area contributed by atoms with E-state index in [0.29, 0.717) is 5.56 Å². The highest BCUT2D eigenvalue weighted by atomic mass is 19.1. The summed E-state index contributed by atoms with van der Waals surface area (Å²) in [5, 5.41) is 7.24. The molecule has 16 heavy (non-hydrogen) atoms. The summed E-state index contributed by atoms with van der Waals surface area (Å²) in [5.41, 5.74) is 12.3. The Morgan fingerprint density at radius 2 is 2.00 bits per heavy atom. The molecule has 4 nitrogen and oxygen atoms in total.